The molecule has 6 heteroatoms. The maximum absolute atomic E-state index is 12.8. The Labute approximate surface area is 203 Å². The molecule has 1 aliphatic rings. The van der Waals surface area contributed by atoms with E-state index in [4.69, 9.17) is 0 Å². The first kappa shape index (κ1) is 23.9. The van der Waals surface area contributed by atoms with E-state index < -0.39 is 0 Å². The number of amides is 1. The first-order valence-corrected chi connectivity index (χ1v) is 12.4. The van der Waals surface area contributed by atoms with Gasteiger partial charge in [0.05, 0.1) is 5.92 Å². The van der Waals surface area contributed by atoms with Gasteiger partial charge in [-0.1, -0.05) is 67.6 Å². The van der Waals surface area contributed by atoms with E-state index in [-0.39, 0.29) is 11.8 Å². The third kappa shape index (κ3) is 6.64. The fraction of sp³-hybridized carbons (Fsp3) is 0.393. The standard InChI is InChI=1S/C28H35N5O/c1-2-32(21-23-11-5-3-6-12-23)17-10-16-29-27(34)25-15-9-18-33(22-25)28-30-19-26(20-31-28)24-13-7-4-8-14-24/h3-8,11-14,19-20,25H,2,9-10,15-18,21-22H2,1H3,(H,29,34). The lowest BCUT2D eigenvalue weighted by Gasteiger charge is -2.32. The van der Waals surface area contributed by atoms with Crippen LogP contribution >= 0.6 is 0 Å². The maximum atomic E-state index is 12.8. The molecular weight excluding hydrogens is 422 g/mol. The van der Waals surface area contributed by atoms with Gasteiger partial charge < -0.3 is 10.2 Å². The molecule has 0 saturated carbocycles. The SMILES string of the molecule is CCN(CCCNC(=O)C1CCCN(c2ncc(-c3ccccc3)cn2)C1)Cc1ccccc1. The second kappa shape index (κ2) is 12.3. The quantitative estimate of drug-likeness (QED) is 0.458. The summed E-state index contributed by atoms with van der Waals surface area (Å²) in [7, 11) is 0. The molecule has 0 bridgehead atoms. The van der Waals surface area contributed by atoms with Crippen molar-refractivity contribution < 1.29 is 4.79 Å². The van der Waals surface area contributed by atoms with Crippen molar-refractivity contribution in [1.82, 2.24) is 20.2 Å². The molecule has 2 heterocycles. The van der Waals surface area contributed by atoms with Gasteiger partial charge in [-0.15, -0.1) is 0 Å². The van der Waals surface area contributed by atoms with Crippen LogP contribution in [0.15, 0.2) is 73.1 Å². The molecule has 1 unspecified atom stereocenters. The Hall–Kier alpha value is -3.25. The molecule has 1 amide bonds. The van der Waals surface area contributed by atoms with E-state index in [0.29, 0.717) is 19.0 Å². The molecule has 0 spiro atoms. The largest absolute Gasteiger partial charge is 0.356 e. The number of benzene rings is 2. The molecule has 178 valence electrons. The highest BCUT2D eigenvalue weighted by atomic mass is 16.1. The lowest BCUT2D eigenvalue weighted by atomic mass is 9.97. The van der Waals surface area contributed by atoms with Crippen LogP contribution in [0.2, 0.25) is 0 Å². The molecule has 1 saturated heterocycles. The lowest BCUT2D eigenvalue weighted by molar-refractivity contribution is -0.125. The van der Waals surface area contributed by atoms with Crippen LogP contribution in [0, 0.1) is 5.92 Å². The highest BCUT2D eigenvalue weighted by Crippen LogP contribution is 2.23. The predicted molar refractivity (Wildman–Crippen MR) is 137 cm³/mol. The van der Waals surface area contributed by atoms with E-state index in [2.05, 4.69) is 68.4 Å². The molecule has 1 aromatic heterocycles. The number of aromatic nitrogens is 2. The van der Waals surface area contributed by atoms with Crippen LogP contribution in [0.4, 0.5) is 5.95 Å². The summed E-state index contributed by atoms with van der Waals surface area (Å²) in [6.45, 7) is 7.39. The van der Waals surface area contributed by atoms with Gasteiger partial charge in [0.2, 0.25) is 11.9 Å². The number of carbonyl (C=O) groups is 1. The summed E-state index contributed by atoms with van der Waals surface area (Å²) >= 11 is 0. The van der Waals surface area contributed by atoms with Crippen LogP contribution in [-0.2, 0) is 11.3 Å². The zero-order chi connectivity index (χ0) is 23.6. The van der Waals surface area contributed by atoms with Crippen LogP contribution in [0.1, 0.15) is 31.7 Å². The van der Waals surface area contributed by atoms with Gasteiger partial charge in [0.1, 0.15) is 0 Å². The Morgan fingerprint density at radius 3 is 2.44 bits per heavy atom. The van der Waals surface area contributed by atoms with Crippen LogP contribution < -0.4 is 10.2 Å². The minimum atomic E-state index is -0.0160. The Morgan fingerprint density at radius 2 is 1.74 bits per heavy atom. The predicted octanol–water partition coefficient (Wildman–Crippen LogP) is 4.39. The first-order valence-electron chi connectivity index (χ1n) is 12.4. The van der Waals surface area contributed by atoms with Crippen molar-refractivity contribution in [2.24, 2.45) is 5.92 Å². The van der Waals surface area contributed by atoms with E-state index in [1.807, 2.05) is 36.7 Å². The number of hydrogen-bond donors (Lipinski definition) is 1. The molecule has 1 fully saturated rings. The summed E-state index contributed by atoms with van der Waals surface area (Å²) < 4.78 is 0. The number of piperidine rings is 1. The summed E-state index contributed by atoms with van der Waals surface area (Å²) in [6, 6.07) is 20.7. The Kier molecular flexibility index (Phi) is 8.63. The van der Waals surface area contributed by atoms with Gasteiger partial charge in [-0.25, -0.2) is 9.97 Å². The van der Waals surface area contributed by atoms with Gasteiger partial charge in [-0.2, -0.15) is 0 Å². The van der Waals surface area contributed by atoms with Gasteiger partial charge in [-0.05, 0) is 36.9 Å². The molecule has 6 nitrogen and oxygen atoms in total. The van der Waals surface area contributed by atoms with Crippen molar-refractivity contribution in [3.63, 3.8) is 0 Å². The van der Waals surface area contributed by atoms with Crippen molar-refractivity contribution in [3.05, 3.63) is 78.6 Å². The second-order valence-electron chi connectivity index (χ2n) is 8.92. The van der Waals surface area contributed by atoms with Gasteiger partial charge in [-0.3, -0.25) is 9.69 Å². The number of anilines is 1. The van der Waals surface area contributed by atoms with Crippen molar-refractivity contribution in [2.45, 2.75) is 32.7 Å². The molecule has 0 radical (unpaired) electrons. The van der Waals surface area contributed by atoms with Crippen LogP contribution in [0.25, 0.3) is 11.1 Å². The zero-order valence-corrected chi connectivity index (χ0v) is 20.1. The Balaban J connectivity index is 1.22. The number of nitrogens with zero attached hydrogens (tertiary/aromatic N) is 4. The molecular formula is C28H35N5O. The third-order valence-electron chi connectivity index (χ3n) is 6.47. The van der Waals surface area contributed by atoms with Gasteiger partial charge in [0, 0.05) is 50.7 Å². The van der Waals surface area contributed by atoms with Crippen molar-refractivity contribution >= 4 is 11.9 Å². The lowest BCUT2D eigenvalue weighted by Crippen LogP contribution is -2.44. The van der Waals surface area contributed by atoms with Crippen LogP contribution in [-0.4, -0.2) is 53.5 Å². The summed E-state index contributed by atoms with van der Waals surface area (Å²) in [5.41, 5.74) is 3.44. The molecule has 3 aromatic rings. The smallest absolute Gasteiger partial charge is 0.225 e. The molecule has 1 N–H and O–H groups in total. The number of rotatable bonds is 10. The first-order chi connectivity index (χ1) is 16.7. The minimum Gasteiger partial charge on any atom is -0.356 e. The molecule has 4 rings (SSSR count). The molecule has 2 aromatic carbocycles. The van der Waals surface area contributed by atoms with Crippen LogP contribution in [0.5, 0.6) is 0 Å². The average molecular weight is 458 g/mol. The van der Waals surface area contributed by atoms with E-state index in [9.17, 15) is 4.79 Å². The summed E-state index contributed by atoms with van der Waals surface area (Å²) in [4.78, 5) is 26.6. The number of hydrogen-bond acceptors (Lipinski definition) is 5. The monoisotopic (exact) mass is 457 g/mol. The normalized spacial score (nSPS) is 15.9. The van der Waals surface area contributed by atoms with Crippen LogP contribution in [0.3, 0.4) is 0 Å². The Morgan fingerprint density at radius 1 is 1.03 bits per heavy atom. The number of nitrogens with one attached hydrogen (secondary N) is 1. The van der Waals surface area contributed by atoms with Gasteiger partial charge in [0.25, 0.3) is 0 Å². The summed E-state index contributed by atoms with van der Waals surface area (Å²) in [5.74, 6) is 0.839. The molecule has 1 aliphatic heterocycles. The molecule has 0 aliphatic carbocycles. The van der Waals surface area contributed by atoms with Crippen molar-refractivity contribution in [3.8, 4) is 11.1 Å². The maximum Gasteiger partial charge on any atom is 0.225 e. The third-order valence-corrected chi connectivity index (χ3v) is 6.47. The Bertz CT molecular complexity index is 1010. The summed E-state index contributed by atoms with van der Waals surface area (Å²) in [5, 5.41) is 3.17. The fourth-order valence-electron chi connectivity index (χ4n) is 4.49. The van der Waals surface area contributed by atoms with E-state index in [1.54, 1.807) is 0 Å². The van der Waals surface area contributed by atoms with Gasteiger partial charge >= 0.3 is 0 Å². The van der Waals surface area contributed by atoms with E-state index in [1.165, 1.54) is 5.56 Å². The highest BCUT2D eigenvalue weighted by Gasteiger charge is 2.27. The highest BCUT2D eigenvalue weighted by molar-refractivity contribution is 5.79. The zero-order valence-electron chi connectivity index (χ0n) is 20.1. The average Bonchev–Trinajstić information content (AvgIpc) is 2.91. The minimum absolute atomic E-state index is 0.0160. The number of carbonyl (C=O) groups excluding carboxylic acids is 1. The van der Waals surface area contributed by atoms with Crippen molar-refractivity contribution in [1.29, 1.82) is 0 Å². The molecule has 1 atom stereocenters. The second-order valence-corrected chi connectivity index (χ2v) is 8.92. The van der Waals surface area contributed by atoms with Crippen molar-refractivity contribution in [2.75, 3.05) is 37.6 Å². The summed E-state index contributed by atoms with van der Waals surface area (Å²) in [6.07, 6.45) is 6.58. The fourth-order valence-corrected chi connectivity index (χ4v) is 4.49. The van der Waals surface area contributed by atoms with Gasteiger partial charge in [0.15, 0.2) is 0 Å². The van der Waals surface area contributed by atoms with E-state index >= 15 is 0 Å². The topological polar surface area (TPSA) is 61.4 Å². The molecule has 34 heavy (non-hydrogen) atoms. The van der Waals surface area contributed by atoms with E-state index in [0.717, 1.165) is 56.6 Å².